The maximum atomic E-state index is 12.7. The topological polar surface area (TPSA) is 54.4 Å². The molecule has 150 valence electrons. The van der Waals surface area contributed by atoms with E-state index in [-0.39, 0.29) is 16.6 Å². The number of hydrogen-bond acceptors (Lipinski definition) is 6. The van der Waals surface area contributed by atoms with Crippen molar-refractivity contribution in [2.45, 2.75) is 48.2 Å². The molecule has 1 N–H and O–H groups in total. The van der Waals surface area contributed by atoms with Gasteiger partial charge in [0.25, 0.3) is 0 Å². The molecule has 2 rings (SSSR count). The van der Waals surface area contributed by atoms with Crippen LogP contribution in [-0.2, 0) is 0 Å². The number of ketones is 1. The predicted molar refractivity (Wildman–Crippen MR) is 124 cm³/mol. The van der Waals surface area contributed by atoms with Crippen LogP contribution in [0.15, 0.2) is 24.3 Å². The molecule has 1 aliphatic heterocycles. The Morgan fingerprint density at radius 2 is 1.74 bits per heavy atom. The summed E-state index contributed by atoms with van der Waals surface area (Å²) in [6.07, 6.45) is 4.42. The summed E-state index contributed by atoms with van der Waals surface area (Å²) in [4.78, 5) is 23.6. The fraction of sp³-hybridized carbons (Fsp3) is 0.600. The van der Waals surface area contributed by atoms with Crippen molar-refractivity contribution >= 4 is 58.8 Å². The van der Waals surface area contributed by atoms with Gasteiger partial charge in [-0.05, 0) is 60.8 Å². The number of hydrogen-bond donors (Lipinski definition) is 1. The van der Waals surface area contributed by atoms with E-state index in [1.807, 2.05) is 6.92 Å². The molecule has 3 nitrogen and oxygen atoms in total. The fourth-order valence-corrected chi connectivity index (χ4v) is 9.20. The lowest BCUT2D eigenvalue weighted by Crippen LogP contribution is -2.21. The highest BCUT2D eigenvalue weighted by atomic mass is 32.3. The first-order chi connectivity index (χ1) is 13.0. The normalized spacial score (nSPS) is 17.4. The number of thioether (sulfide) groups is 4. The summed E-state index contributed by atoms with van der Waals surface area (Å²) < 4.78 is 0.342. The lowest BCUT2D eigenvalue weighted by molar-refractivity contribution is 0.0696. The van der Waals surface area contributed by atoms with Crippen LogP contribution in [0.5, 0.6) is 0 Å². The third-order valence-corrected chi connectivity index (χ3v) is 11.6. The second-order valence-corrected chi connectivity index (χ2v) is 12.6. The van der Waals surface area contributed by atoms with Crippen LogP contribution in [0.25, 0.3) is 0 Å². The van der Waals surface area contributed by atoms with Crippen molar-refractivity contribution in [3.8, 4) is 0 Å². The number of aromatic carboxylic acids is 1. The number of benzene rings is 1. The Hall–Kier alpha value is -0.240. The van der Waals surface area contributed by atoms with E-state index in [0.29, 0.717) is 8.97 Å². The molecule has 1 saturated heterocycles. The van der Waals surface area contributed by atoms with Gasteiger partial charge < -0.3 is 5.11 Å². The fourth-order valence-electron chi connectivity index (χ4n) is 2.80. The van der Waals surface area contributed by atoms with E-state index >= 15 is 0 Å². The molecular weight excluding hydrogens is 416 g/mol. The summed E-state index contributed by atoms with van der Waals surface area (Å²) in [5, 5.41) is 8.92. The molecule has 1 fully saturated rings. The van der Waals surface area contributed by atoms with E-state index in [4.69, 9.17) is 5.11 Å². The zero-order valence-corrected chi connectivity index (χ0v) is 19.2. The molecular formula is C20H28O3S4. The largest absolute Gasteiger partial charge is 0.478 e. The van der Waals surface area contributed by atoms with Crippen molar-refractivity contribution < 1.29 is 14.7 Å². The average Bonchev–Trinajstić information content (AvgIpc) is 2.71. The quantitative estimate of drug-likeness (QED) is 0.325. The molecule has 1 aromatic rings. The van der Waals surface area contributed by atoms with Gasteiger partial charge in [0.2, 0.25) is 0 Å². The van der Waals surface area contributed by atoms with Gasteiger partial charge in [-0.3, -0.25) is 4.79 Å². The maximum Gasteiger partial charge on any atom is 0.335 e. The molecule has 0 aromatic heterocycles. The van der Waals surface area contributed by atoms with E-state index < -0.39 is 5.97 Å². The molecule has 0 aliphatic carbocycles. The molecule has 1 aromatic carbocycles. The highest BCUT2D eigenvalue weighted by molar-refractivity contribution is 8.34. The van der Waals surface area contributed by atoms with Crippen molar-refractivity contribution in [2.24, 2.45) is 0 Å². The zero-order chi connectivity index (χ0) is 19.7. The lowest BCUT2D eigenvalue weighted by Gasteiger charge is -2.34. The molecule has 1 unspecified atom stereocenters. The minimum atomic E-state index is -0.966. The first-order valence-corrected chi connectivity index (χ1v) is 13.4. The van der Waals surface area contributed by atoms with E-state index in [0.717, 1.165) is 24.3 Å². The minimum absolute atomic E-state index is 0.0516. The Morgan fingerprint density at radius 3 is 2.30 bits per heavy atom. The van der Waals surface area contributed by atoms with Crippen molar-refractivity contribution in [3.05, 3.63) is 35.4 Å². The smallest absolute Gasteiger partial charge is 0.335 e. The number of carbonyl (C=O) groups is 2. The van der Waals surface area contributed by atoms with Gasteiger partial charge in [0.05, 0.1) is 10.8 Å². The van der Waals surface area contributed by atoms with Crippen molar-refractivity contribution in [1.82, 2.24) is 0 Å². The van der Waals surface area contributed by atoms with Crippen LogP contribution in [0.3, 0.4) is 0 Å². The number of rotatable bonds is 11. The number of carboxylic acids is 1. The second-order valence-electron chi connectivity index (χ2n) is 6.30. The van der Waals surface area contributed by atoms with E-state index in [1.54, 1.807) is 23.9 Å². The Labute approximate surface area is 179 Å². The Kier molecular flexibility index (Phi) is 9.97. The summed E-state index contributed by atoms with van der Waals surface area (Å²) in [6.45, 7) is 4.33. The van der Waals surface area contributed by atoms with Crippen molar-refractivity contribution in [2.75, 3.05) is 23.0 Å². The van der Waals surface area contributed by atoms with Crippen LogP contribution in [0.1, 0.15) is 60.2 Å². The van der Waals surface area contributed by atoms with E-state index in [1.165, 1.54) is 36.5 Å². The number of Topliss-reactive ketones (excluding diaryl/α,β-unsaturated/α-hetero) is 1. The summed E-state index contributed by atoms with van der Waals surface area (Å²) in [6, 6.07) is 6.28. The Morgan fingerprint density at radius 1 is 1.11 bits per heavy atom. The van der Waals surface area contributed by atoms with Gasteiger partial charge >= 0.3 is 5.97 Å². The zero-order valence-electron chi connectivity index (χ0n) is 15.9. The van der Waals surface area contributed by atoms with Gasteiger partial charge in [0.1, 0.15) is 3.41 Å². The van der Waals surface area contributed by atoms with Crippen molar-refractivity contribution in [1.29, 1.82) is 0 Å². The molecule has 0 spiro atoms. The van der Waals surface area contributed by atoms with Crippen LogP contribution in [-0.4, -0.2) is 48.5 Å². The first kappa shape index (κ1) is 23.0. The minimum Gasteiger partial charge on any atom is -0.478 e. The molecule has 1 heterocycles. The third-order valence-electron chi connectivity index (χ3n) is 4.37. The third kappa shape index (κ3) is 6.94. The van der Waals surface area contributed by atoms with Crippen LogP contribution in [0.2, 0.25) is 0 Å². The molecule has 0 radical (unpaired) electrons. The van der Waals surface area contributed by atoms with Crippen LogP contribution >= 0.6 is 47.0 Å². The Balaban J connectivity index is 1.77. The summed E-state index contributed by atoms with van der Waals surface area (Å²) in [7, 11) is 0. The lowest BCUT2D eigenvalue weighted by atomic mass is 10.0. The predicted octanol–water partition coefficient (Wildman–Crippen LogP) is 6.14. The second kappa shape index (κ2) is 11.7. The van der Waals surface area contributed by atoms with Gasteiger partial charge in [0.15, 0.2) is 5.78 Å². The maximum absolute atomic E-state index is 12.7. The molecule has 1 atom stereocenters. The SMILES string of the molecule is CCC(SCCCSC1(CC)SCCCS1)C(=O)c1ccc(C(=O)O)cc1. The molecule has 1 aliphatic rings. The summed E-state index contributed by atoms with van der Waals surface area (Å²) >= 11 is 8.04. The van der Waals surface area contributed by atoms with Gasteiger partial charge in [-0.2, -0.15) is 11.8 Å². The number of carboxylic acid groups (broad SMARTS) is 1. The molecule has 27 heavy (non-hydrogen) atoms. The molecule has 0 saturated carbocycles. The first-order valence-electron chi connectivity index (χ1n) is 9.42. The average molecular weight is 445 g/mol. The van der Waals surface area contributed by atoms with Gasteiger partial charge in [-0.15, -0.1) is 35.3 Å². The standard InChI is InChI=1S/C20H28O3S4/c1-3-17(18(21)15-7-9-16(10-8-15)19(22)23)24-11-5-12-25-20(4-2)26-13-6-14-27-20/h7-10,17H,3-6,11-14H2,1-2H3,(H,22,23). The van der Waals surface area contributed by atoms with Crippen LogP contribution < -0.4 is 0 Å². The molecule has 7 heteroatoms. The van der Waals surface area contributed by atoms with Gasteiger partial charge in [-0.25, -0.2) is 4.79 Å². The molecule has 0 amide bonds. The Bertz CT molecular complexity index is 612. The van der Waals surface area contributed by atoms with Crippen LogP contribution in [0.4, 0.5) is 0 Å². The van der Waals surface area contributed by atoms with Crippen molar-refractivity contribution in [3.63, 3.8) is 0 Å². The monoisotopic (exact) mass is 444 g/mol. The summed E-state index contributed by atoms with van der Waals surface area (Å²) in [5.41, 5.74) is 0.821. The molecule has 0 bridgehead atoms. The van der Waals surface area contributed by atoms with Gasteiger partial charge in [0, 0.05) is 5.56 Å². The number of carbonyl (C=O) groups excluding carboxylic acids is 1. The highest BCUT2D eigenvalue weighted by Crippen LogP contribution is 2.52. The highest BCUT2D eigenvalue weighted by Gasteiger charge is 2.32. The summed E-state index contributed by atoms with van der Waals surface area (Å²) in [5.74, 6) is 3.81. The van der Waals surface area contributed by atoms with E-state index in [9.17, 15) is 9.59 Å². The van der Waals surface area contributed by atoms with Gasteiger partial charge in [-0.1, -0.05) is 26.0 Å². The van der Waals surface area contributed by atoms with Crippen LogP contribution in [0, 0.1) is 0 Å². The van der Waals surface area contributed by atoms with E-state index in [2.05, 4.69) is 42.2 Å².